The minimum Gasteiger partial charge on any atom is -0.354 e. The fourth-order valence-corrected chi connectivity index (χ4v) is 3.54. The van der Waals surface area contributed by atoms with Crippen LogP contribution in [0.15, 0.2) is 24.3 Å². The number of piperidine rings is 1. The monoisotopic (exact) mass is 345 g/mol. The number of likely N-dealkylation sites (N-methyl/N-ethyl adjacent to an activating group) is 1. The Morgan fingerprint density at radius 3 is 2.48 bits per heavy atom. The summed E-state index contributed by atoms with van der Waals surface area (Å²) in [5.74, 6) is -0.0306. The van der Waals surface area contributed by atoms with Crippen molar-refractivity contribution in [1.82, 2.24) is 15.1 Å². The number of carbonyl (C=O) groups excluding carboxylic acids is 2. The van der Waals surface area contributed by atoms with Gasteiger partial charge >= 0.3 is 0 Å². The highest BCUT2D eigenvalue weighted by molar-refractivity contribution is 5.84. The summed E-state index contributed by atoms with van der Waals surface area (Å²) in [6.45, 7) is 9.76. The molecule has 138 valence electrons. The van der Waals surface area contributed by atoms with E-state index in [9.17, 15) is 9.59 Å². The number of rotatable bonds is 7. The number of likely N-dealkylation sites (tertiary alicyclic amines) is 1. The molecule has 1 aromatic carbocycles. The number of carbonyl (C=O) groups is 2. The van der Waals surface area contributed by atoms with E-state index in [0.29, 0.717) is 19.4 Å². The van der Waals surface area contributed by atoms with Crippen LogP contribution in [0.1, 0.15) is 43.9 Å². The molecule has 2 amide bonds. The van der Waals surface area contributed by atoms with Gasteiger partial charge in [-0.1, -0.05) is 43.7 Å². The number of hydrogen-bond acceptors (Lipinski definition) is 3. The highest BCUT2D eigenvalue weighted by Crippen LogP contribution is 2.35. The van der Waals surface area contributed by atoms with Crippen LogP contribution >= 0.6 is 0 Å². The van der Waals surface area contributed by atoms with Crippen LogP contribution in [0.2, 0.25) is 0 Å². The first-order chi connectivity index (χ1) is 12.0. The number of amides is 2. The number of aryl methyl sites for hydroxylation is 1. The number of hydrogen-bond donors (Lipinski definition) is 1. The smallest absolute Gasteiger partial charge is 0.225 e. The van der Waals surface area contributed by atoms with Crippen molar-refractivity contribution in [2.45, 2.75) is 39.7 Å². The van der Waals surface area contributed by atoms with E-state index in [1.54, 1.807) is 4.90 Å². The van der Waals surface area contributed by atoms with Gasteiger partial charge in [0.2, 0.25) is 11.8 Å². The Labute approximate surface area is 151 Å². The first-order valence-electron chi connectivity index (χ1n) is 9.30. The molecule has 1 fully saturated rings. The zero-order valence-electron chi connectivity index (χ0n) is 15.9. The van der Waals surface area contributed by atoms with E-state index in [4.69, 9.17) is 0 Å². The Morgan fingerprint density at radius 1 is 1.24 bits per heavy atom. The van der Waals surface area contributed by atoms with Crippen molar-refractivity contribution in [2.24, 2.45) is 5.92 Å². The average molecular weight is 345 g/mol. The topological polar surface area (TPSA) is 52.7 Å². The van der Waals surface area contributed by atoms with Gasteiger partial charge in [0.1, 0.15) is 0 Å². The second kappa shape index (κ2) is 8.99. The normalized spacial score (nSPS) is 20.8. The van der Waals surface area contributed by atoms with Gasteiger partial charge in [0, 0.05) is 26.6 Å². The summed E-state index contributed by atoms with van der Waals surface area (Å²) in [6.07, 6.45) is 1.05. The Morgan fingerprint density at radius 2 is 1.88 bits per heavy atom. The van der Waals surface area contributed by atoms with Gasteiger partial charge in [0.25, 0.3) is 0 Å². The van der Waals surface area contributed by atoms with E-state index in [1.165, 1.54) is 5.56 Å². The Kier molecular flexibility index (Phi) is 7.00. The summed E-state index contributed by atoms with van der Waals surface area (Å²) in [4.78, 5) is 29.0. The Balaban J connectivity index is 2.08. The van der Waals surface area contributed by atoms with Gasteiger partial charge in [-0.3, -0.25) is 9.59 Å². The molecule has 5 heteroatoms. The maximum absolute atomic E-state index is 12.8. The minimum atomic E-state index is -0.192. The zero-order valence-corrected chi connectivity index (χ0v) is 15.9. The molecule has 1 heterocycles. The van der Waals surface area contributed by atoms with E-state index in [1.807, 2.05) is 38.2 Å². The van der Waals surface area contributed by atoms with E-state index < -0.39 is 0 Å². The van der Waals surface area contributed by atoms with Gasteiger partial charge in [-0.05, 0) is 32.0 Å². The average Bonchev–Trinajstić information content (AvgIpc) is 2.61. The molecule has 0 saturated carbocycles. The quantitative estimate of drug-likeness (QED) is 0.825. The number of nitrogens with zero attached hydrogens (tertiary/aromatic N) is 2. The lowest BCUT2D eigenvalue weighted by atomic mass is 9.83. The third-order valence-electron chi connectivity index (χ3n) is 5.24. The predicted octanol–water partition coefficient (Wildman–Crippen LogP) is 2.36. The first-order valence-corrected chi connectivity index (χ1v) is 9.30. The van der Waals surface area contributed by atoms with Crippen LogP contribution < -0.4 is 5.32 Å². The molecule has 25 heavy (non-hydrogen) atoms. The second-order valence-corrected chi connectivity index (χ2v) is 6.82. The molecule has 1 aromatic rings. The molecule has 1 aliphatic heterocycles. The summed E-state index contributed by atoms with van der Waals surface area (Å²) in [5, 5.41) is 3.08. The molecule has 2 rings (SSSR count). The lowest BCUT2D eigenvalue weighted by Crippen LogP contribution is -2.47. The van der Waals surface area contributed by atoms with Gasteiger partial charge in [-0.25, -0.2) is 0 Å². The van der Waals surface area contributed by atoms with Crippen molar-refractivity contribution in [1.29, 1.82) is 0 Å². The van der Waals surface area contributed by atoms with Crippen molar-refractivity contribution in [3.8, 4) is 0 Å². The minimum absolute atomic E-state index is 0.0529. The van der Waals surface area contributed by atoms with Crippen LogP contribution in [0.4, 0.5) is 0 Å². The van der Waals surface area contributed by atoms with E-state index >= 15 is 0 Å². The molecule has 0 aliphatic carbocycles. The van der Waals surface area contributed by atoms with Gasteiger partial charge in [0.15, 0.2) is 0 Å². The first kappa shape index (κ1) is 19.4. The van der Waals surface area contributed by atoms with Crippen LogP contribution in [0.25, 0.3) is 0 Å². The van der Waals surface area contributed by atoms with Crippen molar-refractivity contribution in [3.05, 3.63) is 35.4 Å². The summed E-state index contributed by atoms with van der Waals surface area (Å²) in [6, 6.07) is 7.96. The fourth-order valence-electron chi connectivity index (χ4n) is 3.54. The molecule has 1 aliphatic rings. The Hall–Kier alpha value is -1.88. The SMILES string of the molecule is CCN(CC)CCNC(=O)[C@@H]1CCC(=O)N(C)[C@H]1c1ccc(C)cc1. The lowest BCUT2D eigenvalue weighted by molar-refractivity contribution is -0.141. The lowest BCUT2D eigenvalue weighted by Gasteiger charge is -2.38. The van der Waals surface area contributed by atoms with Crippen LogP contribution in [-0.2, 0) is 9.59 Å². The van der Waals surface area contributed by atoms with Crippen LogP contribution in [0.3, 0.4) is 0 Å². The highest BCUT2D eigenvalue weighted by Gasteiger charge is 2.38. The van der Waals surface area contributed by atoms with Crippen LogP contribution in [-0.4, -0.2) is 54.8 Å². The van der Waals surface area contributed by atoms with Crippen molar-refractivity contribution in [3.63, 3.8) is 0 Å². The van der Waals surface area contributed by atoms with Crippen molar-refractivity contribution < 1.29 is 9.59 Å². The van der Waals surface area contributed by atoms with Gasteiger partial charge in [-0.2, -0.15) is 0 Å². The molecule has 1 saturated heterocycles. The van der Waals surface area contributed by atoms with Gasteiger partial charge < -0.3 is 15.1 Å². The van der Waals surface area contributed by atoms with Crippen LogP contribution in [0.5, 0.6) is 0 Å². The van der Waals surface area contributed by atoms with Crippen LogP contribution in [0, 0.1) is 12.8 Å². The van der Waals surface area contributed by atoms with Gasteiger partial charge in [0.05, 0.1) is 12.0 Å². The molecular formula is C20H31N3O2. The molecule has 2 atom stereocenters. The summed E-state index contributed by atoms with van der Waals surface area (Å²) >= 11 is 0. The molecule has 0 unspecified atom stereocenters. The van der Waals surface area contributed by atoms with E-state index in [-0.39, 0.29) is 23.8 Å². The maximum Gasteiger partial charge on any atom is 0.225 e. The standard InChI is InChI=1S/C20H31N3O2/c1-5-23(6-2)14-13-21-20(25)17-11-12-18(24)22(4)19(17)16-9-7-15(3)8-10-16/h7-10,17,19H,5-6,11-14H2,1-4H3,(H,21,25)/t17-,19+/m1/s1. The number of benzene rings is 1. The highest BCUT2D eigenvalue weighted by atomic mass is 16.2. The zero-order chi connectivity index (χ0) is 18.4. The maximum atomic E-state index is 12.8. The second-order valence-electron chi connectivity index (χ2n) is 6.82. The van der Waals surface area contributed by atoms with E-state index in [0.717, 1.165) is 25.2 Å². The number of nitrogens with one attached hydrogen (secondary N) is 1. The van der Waals surface area contributed by atoms with Crippen molar-refractivity contribution in [2.75, 3.05) is 33.2 Å². The molecule has 0 aromatic heterocycles. The van der Waals surface area contributed by atoms with E-state index in [2.05, 4.69) is 24.1 Å². The molecule has 1 N–H and O–H groups in total. The van der Waals surface area contributed by atoms with Crippen molar-refractivity contribution >= 4 is 11.8 Å². The molecule has 5 nitrogen and oxygen atoms in total. The predicted molar refractivity (Wildman–Crippen MR) is 100 cm³/mol. The van der Waals surface area contributed by atoms with Gasteiger partial charge in [-0.15, -0.1) is 0 Å². The molecule has 0 spiro atoms. The Bertz CT molecular complexity index is 581. The summed E-state index contributed by atoms with van der Waals surface area (Å²) in [7, 11) is 1.81. The molecular weight excluding hydrogens is 314 g/mol. The third kappa shape index (κ3) is 4.82. The fraction of sp³-hybridized carbons (Fsp3) is 0.600. The molecule has 0 bridgehead atoms. The summed E-state index contributed by atoms with van der Waals surface area (Å²) in [5.41, 5.74) is 2.21. The molecule has 0 radical (unpaired) electrons. The summed E-state index contributed by atoms with van der Waals surface area (Å²) < 4.78 is 0. The third-order valence-corrected chi connectivity index (χ3v) is 5.24. The largest absolute Gasteiger partial charge is 0.354 e.